The Kier molecular flexibility index (Phi) is 10.8. The van der Waals surface area contributed by atoms with Crippen molar-refractivity contribution in [1.82, 2.24) is 0 Å². The van der Waals surface area contributed by atoms with Crippen molar-refractivity contribution >= 4 is 88.4 Å². The molecule has 4 heteroatoms. The van der Waals surface area contributed by atoms with Crippen LogP contribution in [0.4, 0.5) is 34.1 Å². The first-order valence-electron chi connectivity index (χ1n) is 25.7. The summed E-state index contributed by atoms with van der Waals surface area (Å²) in [4.78, 5) is 4.67. The number of benzene rings is 12. The Balaban J connectivity index is 1.05. The van der Waals surface area contributed by atoms with E-state index in [0.717, 1.165) is 107 Å². The third kappa shape index (κ3) is 7.28. The maximum atomic E-state index is 12.7. The van der Waals surface area contributed by atoms with E-state index in [4.69, 9.17) is 4.42 Å². The van der Waals surface area contributed by atoms with E-state index in [2.05, 4.69) is 251 Å². The molecule has 0 aliphatic rings. The van der Waals surface area contributed by atoms with Crippen molar-refractivity contribution in [2.24, 2.45) is 0 Å². The van der Waals surface area contributed by atoms with Crippen molar-refractivity contribution in [3.05, 3.63) is 246 Å². The Morgan fingerprint density at radius 2 is 0.865 bits per heavy atom. The van der Waals surface area contributed by atoms with Gasteiger partial charge in [-0.25, -0.2) is 0 Å². The molecule has 0 fully saturated rings. The van der Waals surface area contributed by atoms with Gasteiger partial charge in [-0.05, 0) is 155 Å². The lowest BCUT2D eigenvalue weighted by atomic mass is 9.88. The Morgan fingerprint density at radius 1 is 0.365 bits per heavy atom. The molecule has 0 saturated carbocycles. The molecule has 0 aliphatic heterocycles. The lowest BCUT2D eigenvalue weighted by Gasteiger charge is -2.31. The number of rotatable bonds is 10. The summed E-state index contributed by atoms with van der Waals surface area (Å²) in [6.07, 6.45) is 0.948. The van der Waals surface area contributed by atoms with Crippen molar-refractivity contribution in [1.29, 1.82) is 0 Å². The zero-order valence-corrected chi connectivity index (χ0v) is 42.2. The summed E-state index contributed by atoms with van der Waals surface area (Å²) in [6, 6.07) is 78.2. The summed E-state index contributed by atoms with van der Waals surface area (Å²) >= 11 is 0. The highest BCUT2D eigenvalue weighted by molar-refractivity contribution is 6.29. The van der Waals surface area contributed by atoms with Gasteiger partial charge >= 0.3 is 0 Å². The number of nitrogens with zero attached hydrogens (tertiary/aromatic N) is 2. The standard InChI is InChI=1S/C70H54N2O2/c1-6-47-30-34-52(35-31-47)72(63-27-15-25-59-58-24-13-23-57(69(58)74-70(59)63)48-17-8-7-9-18-48)65-41-46(5)55-36-38-60-64(40-45(4)54-37-39-61(65)67(55)66(54)60)71(51-32-28-43(2)29-33-51)62-26-14-22-56(68(62)73)50-20-12-19-49(42-50)53-21-11-10-16-44(53)3/h7-42,73H,6H2,1-5H3. The highest BCUT2D eigenvalue weighted by Gasteiger charge is 2.27. The molecule has 13 rings (SSSR count). The molecule has 0 spiro atoms. The number of phenolic OH excluding ortho intramolecular Hbond substituents is 1. The largest absolute Gasteiger partial charge is 0.505 e. The highest BCUT2D eigenvalue weighted by atomic mass is 16.3. The molecule has 1 N–H and O–H groups in total. The van der Waals surface area contributed by atoms with Gasteiger partial charge in [-0.3, -0.25) is 0 Å². The van der Waals surface area contributed by atoms with Gasteiger partial charge in [0.2, 0.25) is 0 Å². The first-order valence-corrected chi connectivity index (χ1v) is 25.7. The first-order chi connectivity index (χ1) is 36.2. The fourth-order valence-electron chi connectivity index (χ4n) is 11.6. The van der Waals surface area contributed by atoms with Crippen LogP contribution in [0.1, 0.15) is 34.7 Å². The molecule has 0 unspecified atom stereocenters. The number of furan rings is 1. The number of hydrogen-bond donors (Lipinski definition) is 1. The zero-order chi connectivity index (χ0) is 50.2. The molecule has 0 amide bonds. The molecule has 0 saturated heterocycles. The van der Waals surface area contributed by atoms with Crippen LogP contribution in [0.3, 0.4) is 0 Å². The number of anilines is 6. The summed E-state index contributed by atoms with van der Waals surface area (Å²) in [6.45, 7) is 10.9. The van der Waals surface area contributed by atoms with Crippen LogP contribution in [0.5, 0.6) is 5.75 Å². The predicted octanol–water partition coefficient (Wildman–Crippen LogP) is 19.9. The smallest absolute Gasteiger partial charge is 0.159 e. The van der Waals surface area contributed by atoms with Gasteiger partial charge in [-0.15, -0.1) is 0 Å². The van der Waals surface area contributed by atoms with Crippen LogP contribution in [-0.2, 0) is 6.42 Å². The van der Waals surface area contributed by atoms with E-state index >= 15 is 0 Å². The molecular weight excluding hydrogens is 901 g/mol. The Morgan fingerprint density at radius 3 is 1.53 bits per heavy atom. The van der Waals surface area contributed by atoms with Crippen molar-refractivity contribution < 1.29 is 9.52 Å². The van der Waals surface area contributed by atoms with Gasteiger partial charge in [0, 0.05) is 44.0 Å². The van der Waals surface area contributed by atoms with Gasteiger partial charge in [0.25, 0.3) is 0 Å². The quantitative estimate of drug-likeness (QED) is 0.139. The lowest BCUT2D eigenvalue weighted by molar-refractivity contribution is 0.478. The monoisotopic (exact) mass is 954 g/mol. The molecule has 0 radical (unpaired) electrons. The van der Waals surface area contributed by atoms with E-state index in [9.17, 15) is 5.11 Å². The molecule has 0 bridgehead atoms. The number of para-hydroxylation sites is 3. The zero-order valence-electron chi connectivity index (χ0n) is 42.2. The second-order valence-electron chi connectivity index (χ2n) is 19.9. The Hall–Kier alpha value is -9.12. The van der Waals surface area contributed by atoms with E-state index in [1.807, 2.05) is 12.1 Å². The topological polar surface area (TPSA) is 39.9 Å². The van der Waals surface area contributed by atoms with Crippen LogP contribution in [-0.4, -0.2) is 5.11 Å². The molecule has 0 aliphatic carbocycles. The summed E-state index contributed by atoms with van der Waals surface area (Å²) in [5, 5.41) is 21.9. The molecule has 1 aromatic heterocycles. The van der Waals surface area contributed by atoms with Gasteiger partial charge in [-0.2, -0.15) is 0 Å². The normalized spacial score (nSPS) is 11.7. The number of hydrogen-bond acceptors (Lipinski definition) is 4. The second kappa shape index (κ2) is 17.9. The maximum absolute atomic E-state index is 12.7. The molecule has 356 valence electrons. The Bertz CT molecular complexity index is 4280. The minimum Gasteiger partial charge on any atom is -0.505 e. The van der Waals surface area contributed by atoms with Crippen LogP contribution in [0, 0.1) is 27.7 Å². The number of fused-ring (bicyclic) bond motifs is 3. The van der Waals surface area contributed by atoms with Gasteiger partial charge in [-0.1, -0.05) is 176 Å². The minimum absolute atomic E-state index is 0.219. The van der Waals surface area contributed by atoms with Crippen molar-refractivity contribution in [2.75, 3.05) is 9.80 Å². The third-order valence-corrected chi connectivity index (χ3v) is 15.4. The fraction of sp³-hybridized carbons (Fsp3) is 0.0857. The third-order valence-electron chi connectivity index (χ3n) is 15.4. The summed E-state index contributed by atoms with van der Waals surface area (Å²) in [5.74, 6) is 0.219. The number of aryl methyl sites for hydroxylation is 5. The van der Waals surface area contributed by atoms with Crippen molar-refractivity contribution in [3.63, 3.8) is 0 Å². The molecule has 12 aromatic carbocycles. The van der Waals surface area contributed by atoms with Crippen LogP contribution in [0.15, 0.2) is 223 Å². The van der Waals surface area contributed by atoms with Gasteiger partial charge < -0.3 is 19.3 Å². The van der Waals surface area contributed by atoms with E-state index in [1.165, 1.54) is 43.8 Å². The van der Waals surface area contributed by atoms with Crippen molar-refractivity contribution in [3.8, 4) is 39.1 Å². The molecule has 13 aromatic rings. The van der Waals surface area contributed by atoms with Crippen LogP contribution < -0.4 is 9.80 Å². The van der Waals surface area contributed by atoms with E-state index in [-0.39, 0.29) is 5.75 Å². The van der Waals surface area contributed by atoms with Crippen LogP contribution in [0.25, 0.3) is 87.6 Å². The SMILES string of the molecule is CCc1ccc(N(c2cc(C)c3ccc4c(N(c5ccc(C)cc5)c5cccc(-c6cccc(-c7ccccc7C)c6)c5O)cc(C)c5ccc2c3c54)c2cccc3c2oc2c(-c4ccccc4)cccc23)cc1. The first kappa shape index (κ1) is 44.8. The Labute approximate surface area is 432 Å². The highest BCUT2D eigenvalue weighted by Crippen LogP contribution is 2.52. The summed E-state index contributed by atoms with van der Waals surface area (Å²) in [5.41, 5.74) is 19.6. The number of aromatic hydroxyl groups is 1. The molecule has 4 nitrogen and oxygen atoms in total. The van der Waals surface area contributed by atoms with E-state index < -0.39 is 0 Å². The van der Waals surface area contributed by atoms with Gasteiger partial charge in [0.15, 0.2) is 5.58 Å². The van der Waals surface area contributed by atoms with E-state index in [0.29, 0.717) is 5.69 Å². The molecule has 1 heterocycles. The molecule has 0 atom stereocenters. The van der Waals surface area contributed by atoms with E-state index in [1.54, 1.807) is 0 Å². The summed E-state index contributed by atoms with van der Waals surface area (Å²) in [7, 11) is 0. The average Bonchev–Trinajstić information content (AvgIpc) is 3.83. The van der Waals surface area contributed by atoms with Crippen molar-refractivity contribution in [2.45, 2.75) is 41.0 Å². The van der Waals surface area contributed by atoms with Gasteiger partial charge in [0.05, 0.1) is 22.7 Å². The summed E-state index contributed by atoms with van der Waals surface area (Å²) < 4.78 is 7.15. The minimum atomic E-state index is 0.219. The predicted molar refractivity (Wildman–Crippen MR) is 313 cm³/mol. The van der Waals surface area contributed by atoms with Gasteiger partial charge in [0.1, 0.15) is 11.3 Å². The molecule has 74 heavy (non-hydrogen) atoms. The average molecular weight is 955 g/mol. The fourth-order valence-corrected chi connectivity index (χ4v) is 11.6. The number of phenols is 1. The second-order valence-corrected chi connectivity index (χ2v) is 19.9. The maximum Gasteiger partial charge on any atom is 0.159 e. The van der Waals surface area contributed by atoms with Crippen LogP contribution in [0.2, 0.25) is 0 Å². The van der Waals surface area contributed by atoms with Crippen LogP contribution >= 0.6 is 0 Å². The molecular formula is C70H54N2O2. The lowest BCUT2D eigenvalue weighted by Crippen LogP contribution is -2.12.